The fourth-order valence-electron chi connectivity index (χ4n) is 1.32. The average molecular weight is 367 g/mol. The van der Waals surface area contributed by atoms with Crippen LogP contribution in [0.3, 0.4) is 0 Å². The Labute approximate surface area is 117 Å². The molecule has 2 nitrogen and oxygen atoms in total. The predicted octanol–water partition coefficient (Wildman–Crippen LogP) is 3.74. The molecular formula is C12H14Br2FNO. The second-order valence-electron chi connectivity index (χ2n) is 3.92. The van der Waals surface area contributed by atoms with Crippen LogP contribution in [0.5, 0.6) is 0 Å². The summed E-state index contributed by atoms with van der Waals surface area (Å²) in [5.41, 5.74) is 0.0826. The second-order valence-corrected chi connectivity index (χ2v) is 5.63. The summed E-state index contributed by atoms with van der Waals surface area (Å²) in [5, 5.41) is 3.63. The number of halogens is 3. The molecule has 1 atom stereocenters. The SMILES string of the molecule is CC(CCBr)CNC(=O)c1ccc(Br)cc1F. The highest BCUT2D eigenvalue weighted by Gasteiger charge is 2.12. The normalized spacial score (nSPS) is 12.2. The Morgan fingerprint density at radius 2 is 2.24 bits per heavy atom. The van der Waals surface area contributed by atoms with Gasteiger partial charge in [-0.15, -0.1) is 0 Å². The van der Waals surface area contributed by atoms with Crippen molar-refractivity contribution in [3.8, 4) is 0 Å². The third-order valence-corrected chi connectivity index (χ3v) is 3.34. The van der Waals surface area contributed by atoms with Crippen LogP contribution in [-0.2, 0) is 0 Å². The molecule has 0 bridgehead atoms. The Morgan fingerprint density at radius 1 is 1.53 bits per heavy atom. The molecule has 0 saturated carbocycles. The summed E-state index contributed by atoms with van der Waals surface area (Å²) in [6.45, 7) is 2.60. The van der Waals surface area contributed by atoms with Gasteiger partial charge >= 0.3 is 0 Å². The van der Waals surface area contributed by atoms with Gasteiger partial charge in [-0.1, -0.05) is 38.8 Å². The third-order valence-electron chi connectivity index (χ3n) is 2.39. The largest absolute Gasteiger partial charge is 0.352 e. The fourth-order valence-corrected chi connectivity index (χ4v) is 2.44. The number of hydrogen-bond donors (Lipinski definition) is 1. The van der Waals surface area contributed by atoms with Gasteiger partial charge in [-0.25, -0.2) is 4.39 Å². The molecule has 17 heavy (non-hydrogen) atoms. The first-order valence-electron chi connectivity index (χ1n) is 5.33. The van der Waals surface area contributed by atoms with Crippen molar-refractivity contribution in [2.45, 2.75) is 13.3 Å². The van der Waals surface area contributed by atoms with Crippen LogP contribution >= 0.6 is 31.9 Å². The number of hydrogen-bond acceptors (Lipinski definition) is 1. The Hall–Kier alpha value is -0.420. The highest BCUT2D eigenvalue weighted by atomic mass is 79.9. The van der Waals surface area contributed by atoms with Crippen LogP contribution in [0.25, 0.3) is 0 Å². The van der Waals surface area contributed by atoms with Gasteiger partial charge < -0.3 is 5.32 Å². The van der Waals surface area contributed by atoms with E-state index in [0.29, 0.717) is 16.9 Å². The molecule has 0 aromatic heterocycles. The second kappa shape index (κ2) is 7.11. The quantitative estimate of drug-likeness (QED) is 0.790. The lowest BCUT2D eigenvalue weighted by Crippen LogP contribution is -2.29. The molecule has 1 N–H and O–H groups in total. The van der Waals surface area contributed by atoms with Crippen molar-refractivity contribution in [1.29, 1.82) is 0 Å². The molecule has 5 heteroatoms. The first-order valence-corrected chi connectivity index (χ1v) is 7.25. The van der Waals surface area contributed by atoms with Gasteiger partial charge in [0.1, 0.15) is 5.82 Å². The van der Waals surface area contributed by atoms with Crippen molar-refractivity contribution in [3.63, 3.8) is 0 Å². The number of alkyl halides is 1. The molecule has 1 amide bonds. The van der Waals surface area contributed by atoms with E-state index >= 15 is 0 Å². The number of carbonyl (C=O) groups excluding carboxylic acids is 1. The first kappa shape index (κ1) is 14.6. The topological polar surface area (TPSA) is 29.1 Å². The van der Waals surface area contributed by atoms with Crippen molar-refractivity contribution >= 4 is 37.8 Å². The van der Waals surface area contributed by atoms with E-state index in [2.05, 4.69) is 37.2 Å². The molecule has 1 aromatic carbocycles. The Morgan fingerprint density at radius 3 is 2.82 bits per heavy atom. The van der Waals surface area contributed by atoms with E-state index in [9.17, 15) is 9.18 Å². The minimum Gasteiger partial charge on any atom is -0.352 e. The molecule has 0 aliphatic heterocycles. The Bertz CT molecular complexity index is 398. The predicted molar refractivity (Wildman–Crippen MR) is 74.0 cm³/mol. The lowest BCUT2D eigenvalue weighted by molar-refractivity contribution is 0.0944. The molecule has 1 rings (SSSR count). The van der Waals surface area contributed by atoms with E-state index in [1.807, 2.05) is 6.92 Å². The number of benzene rings is 1. The maximum Gasteiger partial charge on any atom is 0.254 e. The molecule has 0 saturated heterocycles. The molecule has 0 aliphatic rings. The van der Waals surface area contributed by atoms with Crippen LogP contribution in [0.4, 0.5) is 4.39 Å². The van der Waals surface area contributed by atoms with Crippen molar-refractivity contribution in [3.05, 3.63) is 34.1 Å². The maximum atomic E-state index is 13.5. The van der Waals surface area contributed by atoms with Crippen molar-refractivity contribution in [2.75, 3.05) is 11.9 Å². The monoisotopic (exact) mass is 365 g/mol. The number of amides is 1. The van der Waals surface area contributed by atoms with Crippen LogP contribution in [0.1, 0.15) is 23.7 Å². The first-order chi connectivity index (χ1) is 8.04. The van der Waals surface area contributed by atoms with E-state index in [-0.39, 0.29) is 11.5 Å². The summed E-state index contributed by atoms with van der Waals surface area (Å²) in [6.07, 6.45) is 0.975. The molecule has 1 unspecified atom stereocenters. The van der Waals surface area contributed by atoms with Crippen LogP contribution in [0.2, 0.25) is 0 Å². The molecular weight excluding hydrogens is 353 g/mol. The van der Waals surface area contributed by atoms with E-state index in [0.717, 1.165) is 11.8 Å². The lowest BCUT2D eigenvalue weighted by atomic mass is 10.1. The minimum atomic E-state index is -0.509. The van der Waals surface area contributed by atoms with Crippen LogP contribution in [0, 0.1) is 11.7 Å². The lowest BCUT2D eigenvalue weighted by Gasteiger charge is -2.11. The zero-order valence-electron chi connectivity index (χ0n) is 9.47. The summed E-state index contributed by atoms with van der Waals surface area (Å²) >= 11 is 6.49. The van der Waals surface area contributed by atoms with Gasteiger partial charge in [0.25, 0.3) is 5.91 Å². The van der Waals surface area contributed by atoms with Gasteiger partial charge in [-0.3, -0.25) is 4.79 Å². The van der Waals surface area contributed by atoms with E-state index < -0.39 is 5.82 Å². The van der Waals surface area contributed by atoms with E-state index in [4.69, 9.17) is 0 Å². The summed E-state index contributed by atoms with van der Waals surface area (Å²) in [4.78, 5) is 11.7. The van der Waals surface area contributed by atoms with Crippen molar-refractivity contribution in [1.82, 2.24) is 5.32 Å². The third kappa shape index (κ3) is 4.76. The van der Waals surface area contributed by atoms with Gasteiger partial charge in [0.05, 0.1) is 5.56 Å². The summed E-state index contributed by atoms with van der Waals surface area (Å²) in [5.74, 6) is -0.502. The Balaban J connectivity index is 2.58. The van der Waals surface area contributed by atoms with Gasteiger partial charge in [0, 0.05) is 16.3 Å². The number of rotatable bonds is 5. The van der Waals surface area contributed by atoms with E-state index in [1.165, 1.54) is 12.1 Å². The zero-order chi connectivity index (χ0) is 12.8. The summed E-state index contributed by atoms with van der Waals surface area (Å²) in [6, 6.07) is 4.42. The Kier molecular flexibility index (Phi) is 6.12. The van der Waals surface area contributed by atoms with Crippen LogP contribution < -0.4 is 5.32 Å². The smallest absolute Gasteiger partial charge is 0.254 e. The highest BCUT2D eigenvalue weighted by Crippen LogP contribution is 2.15. The minimum absolute atomic E-state index is 0.0826. The molecule has 0 spiro atoms. The van der Waals surface area contributed by atoms with Crippen LogP contribution in [-0.4, -0.2) is 17.8 Å². The zero-order valence-corrected chi connectivity index (χ0v) is 12.6. The summed E-state index contributed by atoms with van der Waals surface area (Å²) in [7, 11) is 0. The molecule has 0 radical (unpaired) electrons. The maximum absolute atomic E-state index is 13.5. The molecule has 0 heterocycles. The van der Waals surface area contributed by atoms with Gasteiger partial charge in [-0.05, 0) is 30.5 Å². The van der Waals surface area contributed by atoms with Crippen molar-refractivity contribution in [2.24, 2.45) is 5.92 Å². The van der Waals surface area contributed by atoms with Gasteiger partial charge in [0.2, 0.25) is 0 Å². The van der Waals surface area contributed by atoms with Gasteiger partial charge in [0.15, 0.2) is 0 Å². The number of nitrogens with one attached hydrogen (secondary N) is 1. The molecule has 94 valence electrons. The standard InChI is InChI=1S/C12H14Br2FNO/c1-8(4-5-13)7-16-12(17)10-3-2-9(14)6-11(10)15/h2-3,6,8H,4-5,7H2,1H3,(H,16,17). The molecule has 0 aliphatic carbocycles. The van der Waals surface area contributed by atoms with Crippen molar-refractivity contribution < 1.29 is 9.18 Å². The highest BCUT2D eigenvalue weighted by molar-refractivity contribution is 9.10. The fraction of sp³-hybridized carbons (Fsp3) is 0.417. The number of carbonyl (C=O) groups is 1. The average Bonchev–Trinajstić information content (AvgIpc) is 2.26. The van der Waals surface area contributed by atoms with Crippen LogP contribution in [0.15, 0.2) is 22.7 Å². The molecule has 0 fully saturated rings. The molecule has 1 aromatic rings. The summed E-state index contributed by atoms with van der Waals surface area (Å²) < 4.78 is 14.1. The van der Waals surface area contributed by atoms with Gasteiger partial charge in [-0.2, -0.15) is 0 Å². The van der Waals surface area contributed by atoms with E-state index in [1.54, 1.807) is 6.07 Å².